The summed E-state index contributed by atoms with van der Waals surface area (Å²) in [6.07, 6.45) is 8.74. The van der Waals surface area contributed by atoms with Crippen LogP contribution in [0.4, 0.5) is 5.82 Å². The summed E-state index contributed by atoms with van der Waals surface area (Å²) < 4.78 is 12.5. The minimum Gasteiger partial charge on any atom is -0.497 e. The van der Waals surface area contributed by atoms with E-state index in [2.05, 4.69) is 20.3 Å². The van der Waals surface area contributed by atoms with Crippen LogP contribution in [0.5, 0.6) is 11.5 Å². The fraction of sp³-hybridized carbons (Fsp3) is 0.310. The van der Waals surface area contributed by atoms with Crippen molar-refractivity contribution in [2.75, 3.05) is 45.3 Å². The molecule has 0 radical (unpaired) electrons. The Balaban J connectivity index is 1.38. The van der Waals surface area contributed by atoms with Crippen LogP contribution < -0.4 is 19.7 Å². The quantitative estimate of drug-likeness (QED) is 0.330. The molecule has 1 N–H and O–H groups in total. The zero-order chi connectivity index (χ0) is 28.8. The molecule has 212 valence electrons. The molecule has 1 fully saturated rings. The highest BCUT2D eigenvalue weighted by molar-refractivity contribution is 5.95. The molecule has 1 aliphatic rings. The first-order valence-corrected chi connectivity index (χ1v) is 13.3. The van der Waals surface area contributed by atoms with Crippen LogP contribution in [0.1, 0.15) is 21.6 Å². The molecule has 1 aliphatic heterocycles. The predicted molar refractivity (Wildman–Crippen MR) is 151 cm³/mol. The van der Waals surface area contributed by atoms with Crippen LogP contribution in [-0.4, -0.2) is 87.7 Å². The molecule has 4 aromatic rings. The molecule has 0 aliphatic carbocycles. The van der Waals surface area contributed by atoms with E-state index in [1.54, 1.807) is 60.7 Å². The molecule has 0 spiro atoms. The summed E-state index contributed by atoms with van der Waals surface area (Å²) in [7, 11) is 3.22. The van der Waals surface area contributed by atoms with Gasteiger partial charge >= 0.3 is 0 Å². The van der Waals surface area contributed by atoms with E-state index in [-0.39, 0.29) is 18.4 Å². The van der Waals surface area contributed by atoms with Gasteiger partial charge in [-0.1, -0.05) is 0 Å². The summed E-state index contributed by atoms with van der Waals surface area (Å²) in [5.74, 6) is 2.10. The number of benzene rings is 1. The third-order valence-corrected chi connectivity index (χ3v) is 6.92. The van der Waals surface area contributed by atoms with E-state index in [0.717, 1.165) is 17.0 Å². The minimum atomic E-state index is -0.679. The topological polar surface area (TPSA) is 128 Å². The van der Waals surface area contributed by atoms with E-state index < -0.39 is 6.04 Å². The second-order valence-electron chi connectivity index (χ2n) is 9.56. The van der Waals surface area contributed by atoms with Gasteiger partial charge in [-0.2, -0.15) is 4.98 Å². The molecule has 5 rings (SSSR count). The van der Waals surface area contributed by atoms with Crippen LogP contribution in [0.2, 0.25) is 0 Å². The zero-order valence-corrected chi connectivity index (χ0v) is 23.2. The first-order valence-electron chi connectivity index (χ1n) is 13.3. The van der Waals surface area contributed by atoms with Gasteiger partial charge in [-0.25, -0.2) is 9.97 Å². The van der Waals surface area contributed by atoms with Crippen LogP contribution in [-0.2, 0) is 11.2 Å². The summed E-state index contributed by atoms with van der Waals surface area (Å²) >= 11 is 0. The van der Waals surface area contributed by atoms with Crippen LogP contribution in [0, 0.1) is 6.92 Å². The molecule has 12 nitrogen and oxygen atoms in total. The van der Waals surface area contributed by atoms with Gasteiger partial charge < -0.3 is 24.6 Å². The summed E-state index contributed by atoms with van der Waals surface area (Å²) in [6, 6.07) is 10.2. The van der Waals surface area contributed by atoms with Crippen molar-refractivity contribution >= 4 is 17.6 Å². The Morgan fingerprint density at radius 1 is 1.05 bits per heavy atom. The van der Waals surface area contributed by atoms with Crippen molar-refractivity contribution in [3.8, 4) is 17.4 Å². The fourth-order valence-corrected chi connectivity index (χ4v) is 4.83. The zero-order valence-electron chi connectivity index (χ0n) is 23.2. The number of anilines is 1. The first-order chi connectivity index (χ1) is 20.0. The van der Waals surface area contributed by atoms with Gasteiger partial charge in [-0.3, -0.25) is 19.1 Å². The van der Waals surface area contributed by atoms with Crippen molar-refractivity contribution in [2.45, 2.75) is 19.4 Å². The number of hydrogen-bond acceptors (Lipinski definition) is 9. The van der Waals surface area contributed by atoms with E-state index in [0.29, 0.717) is 49.1 Å². The largest absolute Gasteiger partial charge is 0.497 e. The Morgan fingerprint density at radius 2 is 1.93 bits per heavy atom. The van der Waals surface area contributed by atoms with Crippen LogP contribution in [0.15, 0.2) is 67.5 Å². The summed E-state index contributed by atoms with van der Waals surface area (Å²) in [6.45, 7) is 3.26. The van der Waals surface area contributed by atoms with Crippen molar-refractivity contribution in [3.05, 3.63) is 84.3 Å². The Hall–Kier alpha value is -5.00. The fourth-order valence-electron chi connectivity index (χ4n) is 4.83. The van der Waals surface area contributed by atoms with E-state index in [1.807, 2.05) is 36.1 Å². The van der Waals surface area contributed by atoms with E-state index in [1.165, 1.54) is 6.20 Å². The molecule has 0 saturated carbocycles. The number of pyridine rings is 1. The van der Waals surface area contributed by atoms with Crippen molar-refractivity contribution in [1.29, 1.82) is 0 Å². The minimum absolute atomic E-state index is 0.172. The van der Waals surface area contributed by atoms with Crippen molar-refractivity contribution < 1.29 is 19.1 Å². The van der Waals surface area contributed by atoms with Gasteiger partial charge in [0, 0.05) is 56.2 Å². The van der Waals surface area contributed by atoms with Gasteiger partial charge in [0.25, 0.3) is 5.91 Å². The Kier molecular flexibility index (Phi) is 8.37. The average molecular weight is 557 g/mol. The number of imidazole rings is 1. The number of carbonyl (C=O) groups is 2. The molecule has 1 aromatic carbocycles. The molecule has 2 amide bonds. The number of rotatable bonds is 9. The van der Waals surface area contributed by atoms with E-state index in [9.17, 15) is 9.59 Å². The van der Waals surface area contributed by atoms with Gasteiger partial charge in [0.05, 0.1) is 26.3 Å². The number of nitrogens with one attached hydrogen (secondary N) is 1. The second-order valence-corrected chi connectivity index (χ2v) is 9.56. The Morgan fingerprint density at radius 3 is 2.66 bits per heavy atom. The lowest BCUT2D eigenvalue weighted by Gasteiger charge is -2.41. The monoisotopic (exact) mass is 556 g/mol. The number of nitrogens with zero attached hydrogens (tertiary/aromatic N) is 7. The standard InChI is InChI=1S/C29H32N8O4/c1-20-15-26(34-29(33-20)36-12-11-31-19-36)37-14-13-35(28(39)22-5-4-9-30-17-22)18-24(37)27(38)32-10-8-21-16-23(40-2)6-7-25(21)41-3/h4-7,9,11-12,15-17,19,24H,8,10,13-14,18H2,1-3H3,(H,32,38). The molecule has 1 saturated heterocycles. The molecule has 41 heavy (non-hydrogen) atoms. The van der Waals surface area contributed by atoms with Gasteiger partial charge in [0.1, 0.15) is 29.7 Å². The lowest BCUT2D eigenvalue weighted by molar-refractivity contribution is -0.123. The molecule has 0 bridgehead atoms. The first kappa shape index (κ1) is 27.6. The number of aromatic nitrogens is 5. The normalized spacial score (nSPS) is 15.0. The number of hydrogen-bond donors (Lipinski definition) is 1. The third-order valence-electron chi connectivity index (χ3n) is 6.92. The number of ether oxygens (including phenoxy) is 2. The Bertz CT molecular complexity index is 1500. The summed E-state index contributed by atoms with van der Waals surface area (Å²) in [5.41, 5.74) is 2.14. The maximum atomic E-state index is 13.7. The summed E-state index contributed by atoms with van der Waals surface area (Å²) in [4.78, 5) is 48.1. The molecule has 4 heterocycles. The highest BCUT2D eigenvalue weighted by Crippen LogP contribution is 2.25. The smallest absolute Gasteiger partial charge is 0.255 e. The van der Waals surface area contributed by atoms with Gasteiger partial charge in [0.2, 0.25) is 11.9 Å². The summed E-state index contributed by atoms with van der Waals surface area (Å²) in [5, 5.41) is 3.06. The molecular formula is C29H32N8O4. The lowest BCUT2D eigenvalue weighted by atomic mass is 10.1. The van der Waals surface area contributed by atoms with Crippen LogP contribution in [0.25, 0.3) is 5.95 Å². The third kappa shape index (κ3) is 6.26. The predicted octanol–water partition coefficient (Wildman–Crippen LogP) is 2.07. The molecule has 3 aromatic heterocycles. The molecule has 1 unspecified atom stereocenters. The average Bonchev–Trinajstić information content (AvgIpc) is 3.56. The van der Waals surface area contributed by atoms with Crippen LogP contribution >= 0.6 is 0 Å². The highest BCUT2D eigenvalue weighted by atomic mass is 16.5. The number of methoxy groups -OCH3 is 2. The number of carbonyl (C=O) groups excluding carboxylic acids is 2. The highest BCUT2D eigenvalue weighted by Gasteiger charge is 2.36. The van der Waals surface area contributed by atoms with Crippen molar-refractivity contribution in [2.24, 2.45) is 0 Å². The van der Waals surface area contributed by atoms with Crippen molar-refractivity contribution in [3.63, 3.8) is 0 Å². The lowest BCUT2D eigenvalue weighted by Crippen LogP contribution is -2.60. The van der Waals surface area contributed by atoms with Gasteiger partial charge in [-0.05, 0) is 49.2 Å². The molecular weight excluding hydrogens is 524 g/mol. The number of piperazine rings is 1. The maximum Gasteiger partial charge on any atom is 0.255 e. The Labute approximate surface area is 238 Å². The SMILES string of the molecule is COc1ccc(OC)c(CCNC(=O)C2CN(C(=O)c3cccnc3)CCN2c2cc(C)nc(-n3ccnc3)n2)c1. The van der Waals surface area contributed by atoms with Crippen LogP contribution in [0.3, 0.4) is 0 Å². The van der Waals surface area contributed by atoms with Gasteiger partial charge in [-0.15, -0.1) is 0 Å². The molecule has 1 atom stereocenters. The number of amides is 2. The van der Waals surface area contributed by atoms with E-state index in [4.69, 9.17) is 14.5 Å². The second kappa shape index (κ2) is 12.5. The number of aryl methyl sites for hydroxylation is 1. The maximum absolute atomic E-state index is 13.7. The molecule has 12 heteroatoms. The van der Waals surface area contributed by atoms with Gasteiger partial charge in [0.15, 0.2) is 0 Å². The van der Waals surface area contributed by atoms with E-state index >= 15 is 0 Å². The van der Waals surface area contributed by atoms with Crippen molar-refractivity contribution in [1.82, 2.24) is 34.7 Å².